The van der Waals surface area contributed by atoms with E-state index in [9.17, 15) is 8.42 Å². The van der Waals surface area contributed by atoms with E-state index in [2.05, 4.69) is 54.5 Å². The predicted octanol–water partition coefficient (Wildman–Crippen LogP) is 5.54. The average molecular weight is 587 g/mol. The van der Waals surface area contributed by atoms with Crippen molar-refractivity contribution < 1.29 is 13.2 Å². The van der Waals surface area contributed by atoms with Gasteiger partial charge in [-0.15, -0.1) is 0 Å². The van der Waals surface area contributed by atoms with E-state index in [1.807, 2.05) is 30.3 Å². The first-order valence-corrected chi connectivity index (χ1v) is 13.6. The number of likely N-dealkylation sites (N-methyl/N-ethyl adjacent to an activating group) is 1. The van der Waals surface area contributed by atoms with Gasteiger partial charge in [-0.3, -0.25) is 4.90 Å². The van der Waals surface area contributed by atoms with Crippen molar-refractivity contribution in [2.24, 2.45) is 0 Å². The fourth-order valence-corrected chi connectivity index (χ4v) is 6.99. The average Bonchev–Trinajstić information content (AvgIpc) is 3.22. The van der Waals surface area contributed by atoms with Crippen LogP contribution in [0.15, 0.2) is 65.6 Å². The third kappa shape index (κ3) is 3.63. The largest absolute Gasteiger partial charge is 0.496 e. The molecule has 0 saturated heterocycles. The fourth-order valence-electron chi connectivity index (χ4n) is 4.55. The summed E-state index contributed by atoms with van der Waals surface area (Å²) in [6.07, 6.45) is 2.91. The molecule has 5 rings (SSSR count). The molecule has 1 aliphatic heterocycles. The van der Waals surface area contributed by atoms with Crippen molar-refractivity contribution >= 4 is 59.9 Å². The molecule has 0 aliphatic carbocycles. The molecular weight excluding hydrogens is 561 g/mol. The number of methoxy groups -OCH3 is 1. The van der Waals surface area contributed by atoms with Gasteiger partial charge < -0.3 is 4.74 Å². The molecule has 4 aromatic rings. The van der Waals surface area contributed by atoms with Crippen LogP contribution in [0.3, 0.4) is 0 Å². The summed E-state index contributed by atoms with van der Waals surface area (Å²) in [5.41, 5.74) is 2.22. The van der Waals surface area contributed by atoms with E-state index in [1.165, 1.54) is 4.09 Å². The van der Waals surface area contributed by atoms with E-state index in [0.717, 1.165) is 32.9 Å². The Labute approximate surface area is 213 Å². The summed E-state index contributed by atoms with van der Waals surface area (Å²) in [6.45, 7) is 5.16. The van der Waals surface area contributed by atoms with Crippen LogP contribution in [0, 0.1) is 3.57 Å². The van der Waals surface area contributed by atoms with Crippen molar-refractivity contribution in [1.82, 2.24) is 14.1 Å². The Hall–Kier alpha value is -2.43. The zero-order chi connectivity index (χ0) is 24.3. The number of nitrogens with zero attached hydrogens (tertiary/aromatic N) is 3. The van der Waals surface area contributed by atoms with Gasteiger partial charge in [-0.1, -0.05) is 42.5 Å². The van der Waals surface area contributed by atoms with Crippen LogP contribution in [-0.2, 0) is 10.0 Å². The number of fused-ring (bicyclic) bond motifs is 2. The molecule has 6 nitrogen and oxygen atoms in total. The molecule has 0 N–H and O–H groups in total. The van der Waals surface area contributed by atoms with Crippen LogP contribution in [0.4, 0.5) is 0 Å². The third-order valence-corrected chi connectivity index (χ3v) is 9.48. The number of aromatic nitrogens is 2. The first kappa shape index (κ1) is 23.3. The quantitative estimate of drug-likeness (QED) is 0.294. The summed E-state index contributed by atoms with van der Waals surface area (Å²) < 4.78 is 35.7. The molecule has 0 fully saturated rings. The lowest BCUT2D eigenvalue weighted by atomic mass is 9.87. The summed E-state index contributed by atoms with van der Waals surface area (Å²) in [5, 5.41) is 7.13. The molecule has 34 heavy (non-hydrogen) atoms. The summed E-state index contributed by atoms with van der Waals surface area (Å²) in [6, 6.07) is 16.4. The maximum atomic E-state index is 14.0. The van der Waals surface area contributed by atoms with Crippen molar-refractivity contribution in [3.05, 3.63) is 69.9 Å². The van der Waals surface area contributed by atoms with Crippen LogP contribution in [0.5, 0.6) is 5.75 Å². The van der Waals surface area contributed by atoms with Gasteiger partial charge in [0.05, 0.1) is 26.8 Å². The molecule has 0 spiro atoms. The Bertz CT molecular complexity index is 1570. The van der Waals surface area contributed by atoms with E-state index >= 15 is 0 Å². The van der Waals surface area contributed by atoms with Crippen molar-refractivity contribution in [2.75, 3.05) is 20.7 Å². The lowest BCUT2D eigenvalue weighted by Crippen LogP contribution is -2.43. The fraction of sp³-hybridized carbons (Fsp3) is 0.269. The second-order valence-corrected chi connectivity index (χ2v) is 12.1. The Kier molecular flexibility index (Phi) is 5.73. The lowest BCUT2D eigenvalue weighted by molar-refractivity contribution is 0.171. The first-order chi connectivity index (χ1) is 16.1. The van der Waals surface area contributed by atoms with E-state index in [0.29, 0.717) is 22.3 Å². The maximum absolute atomic E-state index is 14.0. The van der Waals surface area contributed by atoms with E-state index < -0.39 is 10.0 Å². The number of ether oxygens (including phenoxy) is 1. The van der Waals surface area contributed by atoms with Crippen molar-refractivity contribution in [3.63, 3.8) is 0 Å². The molecule has 1 aromatic heterocycles. The summed E-state index contributed by atoms with van der Waals surface area (Å²) in [7, 11) is -0.240. The van der Waals surface area contributed by atoms with Gasteiger partial charge in [0.25, 0.3) is 10.0 Å². The highest BCUT2D eigenvalue weighted by Crippen LogP contribution is 2.40. The Balaban J connectivity index is 1.80. The summed E-state index contributed by atoms with van der Waals surface area (Å²) in [5.74, 6) is 0.698. The molecule has 0 radical (unpaired) electrons. The van der Waals surface area contributed by atoms with Crippen LogP contribution < -0.4 is 4.74 Å². The van der Waals surface area contributed by atoms with Gasteiger partial charge in [-0.25, -0.2) is 0 Å². The Morgan fingerprint density at radius 1 is 1.06 bits per heavy atom. The van der Waals surface area contributed by atoms with E-state index in [-0.39, 0.29) is 10.4 Å². The van der Waals surface area contributed by atoms with E-state index in [4.69, 9.17) is 9.84 Å². The molecule has 2 heterocycles. The second kappa shape index (κ2) is 8.35. The van der Waals surface area contributed by atoms with Gasteiger partial charge in [0, 0.05) is 22.9 Å². The minimum Gasteiger partial charge on any atom is -0.496 e. The second-order valence-electron chi connectivity index (χ2n) is 9.25. The maximum Gasteiger partial charge on any atom is 0.284 e. The lowest BCUT2D eigenvalue weighted by Gasteiger charge is -2.39. The van der Waals surface area contributed by atoms with Crippen LogP contribution in [0.1, 0.15) is 26.0 Å². The molecule has 3 aromatic carbocycles. The monoisotopic (exact) mass is 587 g/mol. The molecule has 0 amide bonds. The van der Waals surface area contributed by atoms with Gasteiger partial charge in [-0.2, -0.15) is 17.6 Å². The minimum absolute atomic E-state index is 0.0704. The Morgan fingerprint density at radius 2 is 1.79 bits per heavy atom. The zero-order valence-electron chi connectivity index (χ0n) is 19.5. The van der Waals surface area contributed by atoms with Crippen LogP contribution in [0.2, 0.25) is 0 Å². The number of hydrogen-bond acceptors (Lipinski definition) is 5. The molecule has 8 heteroatoms. The first-order valence-electron chi connectivity index (χ1n) is 11.0. The number of halogens is 1. The topological polar surface area (TPSA) is 64.4 Å². The summed E-state index contributed by atoms with van der Waals surface area (Å²) >= 11 is 2.23. The highest BCUT2D eigenvalue weighted by atomic mass is 127. The molecule has 1 aliphatic rings. The Morgan fingerprint density at radius 3 is 2.53 bits per heavy atom. The normalized spacial score (nSPS) is 16.7. The van der Waals surface area contributed by atoms with Crippen molar-refractivity contribution in [3.8, 4) is 5.75 Å². The summed E-state index contributed by atoms with van der Waals surface area (Å²) in [4.78, 5) is 2.53. The van der Waals surface area contributed by atoms with Crippen LogP contribution >= 0.6 is 22.6 Å². The van der Waals surface area contributed by atoms with Gasteiger partial charge in [-0.05, 0) is 79.1 Å². The SMILES string of the molecule is COc1ccc2c(c(C3=CCN(C)C(C)(C)C3)nn2S(=O)(=O)c2cccc3ccccc23)c1I. The molecule has 176 valence electrons. The van der Waals surface area contributed by atoms with Crippen molar-refractivity contribution in [2.45, 2.75) is 30.7 Å². The molecular formula is C26H26IN3O3S. The van der Waals surface area contributed by atoms with Crippen molar-refractivity contribution in [1.29, 1.82) is 0 Å². The third-order valence-electron chi connectivity index (χ3n) is 6.77. The van der Waals surface area contributed by atoms with Crippen LogP contribution in [-0.4, -0.2) is 48.7 Å². The highest BCUT2D eigenvalue weighted by Gasteiger charge is 2.33. The molecule has 0 unspecified atom stereocenters. The highest BCUT2D eigenvalue weighted by molar-refractivity contribution is 14.1. The molecule has 0 atom stereocenters. The minimum atomic E-state index is -3.96. The van der Waals surface area contributed by atoms with Gasteiger partial charge in [0.15, 0.2) is 0 Å². The number of hydrogen-bond donors (Lipinski definition) is 0. The molecule has 0 saturated carbocycles. The van der Waals surface area contributed by atoms with E-state index in [1.54, 1.807) is 31.4 Å². The zero-order valence-corrected chi connectivity index (χ0v) is 22.5. The predicted molar refractivity (Wildman–Crippen MR) is 145 cm³/mol. The standard InChI is InChI=1S/C26H26IN3O3S/c1-26(2)16-18(14-15-29(26)3)25-23-20(12-13-21(33-4)24(23)27)30(28-25)34(31,32)22-11-7-9-17-8-5-6-10-19(17)22/h5-14H,15-16H2,1-4H3. The molecule has 0 bridgehead atoms. The van der Waals surface area contributed by atoms with Gasteiger partial charge in [0.2, 0.25) is 0 Å². The van der Waals surface area contributed by atoms with Gasteiger partial charge >= 0.3 is 0 Å². The number of rotatable bonds is 4. The van der Waals surface area contributed by atoms with Gasteiger partial charge in [0.1, 0.15) is 5.75 Å². The van der Waals surface area contributed by atoms with Crippen LogP contribution in [0.25, 0.3) is 27.2 Å². The number of benzene rings is 3. The smallest absolute Gasteiger partial charge is 0.284 e.